The molecule has 2 aromatic rings. The molecule has 1 aliphatic rings. The lowest BCUT2D eigenvalue weighted by atomic mass is 9.88. The maximum atomic E-state index is 12.3. The molecule has 6 nitrogen and oxygen atoms in total. The Morgan fingerprint density at radius 1 is 1.15 bits per heavy atom. The van der Waals surface area contributed by atoms with Crippen molar-refractivity contribution < 1.29 is 24.7 Å². The summed E-state index contributed by atoms with van der Waals surface area (Å²) >= 11 is 1.41. The minimum Gasteiger partial charge on any atom is -0.497 e. The van der Waals surface area contributed by atoms with Crippen LogP contribution in [-0.2, 0) is 4.79 Å². The summed E-state index contributed by atoms with van der Waals surface area (Å²) in [6, 6.07) is 14.7. The Kier molecular flexibility index (Phi) is 5.20. The lowest BCUT2D eigenvalue weighted by molar-refractivity contribution is -0.544. The van der Waals surface area contributed by atoms with Crippen molar-refractivity contribution in [1.29, 1.82) is 0 Å². The van der Waals surface area contributed by atoms with Gasteiger partial charge in [0, 0.05) is 0 Å². The lowest BCUT2D eigenvalue weighted by Crippen LogP contribution is -2.89. The third kappa shape index (κ3) is 3.27. The van der Waals surface area contributed by atoms with Crippen molar-refractivity contribution >= 4 is 23.7 Å². The number of hydrogen-bond donors (Lipinski definition) is 4. The maximum absolute atomic E-state index is 12.3. The highest BCUT2D eigenvalue weighted by atomic mass is 32.2. The number of thioether (sulfide) groups is 1. The van der Waals surface area contributed by atoms with Gasteiger partial charge in [0.25, 0.3) is 0 Å². The van der Waals surface area contributed by atoms with E-state index < -0.39 is 17.6 Å². The van der Waals surface area contributed by atoms with Crippen molar-refractivity contribution in [2.24, 2.45) is 0 Å². The standard InChI is InChI=1S/C19H20N2O4S/c1-25-15-9-7-13(8-10-15)12-3-5-14(6-4-12)16(22)19(11-26-2)17(23)20-18(24)21-19/h3-10,16,22H,11H2,1-2H3,(H2,20,21,23,24)/p+1. The third-order valence-corrected chi connectivity index (χ3v) is 5.21. The van der Waals surface area contributed by atoms with Gasteiger partial charge in [0.2, 0.25) is 5.54 Å². The fourth-order valence-corrected chi connectivity index (χ4v) is 3.86. The number of methoxy groups -OCH3 is 1. The van der Waals surface area contributed by atoms with Crippen molar-refractivity contribution in [3.8, 4) is 16.9 Å². The van der Waals surface area contributed by atoms with Gasteiger partial charge in [-0.3, -0.25) is 0 Å². The molecule has 2 unspecified atom stereocenters. The van der Waals surface area contributed by atoms with Gasteiger partial charge < -0.3 is 14.9 Å². The topological polar surface area (TPSA) is 92.8 Å². The predicted octanol–water partition coefficient (Wildman–Crippen LogP) is 0.622. The number of aliphatic hydroxyl groups excluding tert-OH is 2. The Bertz CT molecular complexity index is 820. The molecular formula is C19H21N2O4S+. The molecule has 2 atom stereocenters. The van der Waals surface area contributed by atoms with E-state index in [4.69, 9.17) is 4.74 Å². The minimum absolute atomic E-state index is 0.310. The highest BCUT2D eigenvalue weighted by molar-refractivity contribution is 7.98. The number of rotatable bonds is 6. The quantitative estimate of drug-likeness (QED) is 0.596. The number of ether oxygens (including phenoxy) is 1. The Morgan fingerprint density at radius 2 is 1.73 bits per heavy atom. The number of benzene rings is 2. The smallest absolute Gasteiger partial charge is 0.448 e. The molecule has 0 saturated carbocycles. The molecule has 0 aromatic heterocycles. The minimum atomic E-state index is -1.30. The number of amidine groups is 1. The average Bonchev–Trinajstić information content (AvgIpc) is 2.96. The fourth-order valence-electron chi connectivity index (χ4n) is 3.04. The second kappa shape index (κ2) is 7.39. The van der Waals surface area contributed by atoms with Crippen LogP contribution in [-0.4, -0.2) is 46.8 Å². The van der Waals surface area contributed by atoms with Crippen LogP contribution in [0.2, 0.25) is 0 Å². The van der Waals surface area contributed by atoms with E-state index in [0.717, 1.165) is 16.9 Å². The van der Waals surface area contributed by atoms with E-state index in [2.05, 4.69) is 10.3 Å². The predicted molar refractivity (Wildman–Crippen MR) is 101 cm³/mol. The molecule has 7 heteroatoms. The number of nitrogens with one attached hydrogen (secondary N) is 2. The zero-order valence-electron chi connectivity index (χ0n) is 14.5. The third-order valence-electron chi connectivity index (χ3n) is 4.47. The molecule has 0 bridgehead atoms. The maximum Gasteiger partial charge on any atom is 0.448 e. The molecule has 1 amide bonds. The van der Waals surface area contributed by atoms with E-state index in [-0.39, 0.29) is 6.02 Å². The Hall–Kier alpha value is -2.51. The summed E-state index contributed by atoms with van der Waals surface area (Å²) in [5.74, 6) is 0.648. The number of amides is 1. The average molecular weight is 373 g/mol. The fraction of sp³-hybridized carbons (Fsp3) is 0.263. The highest BCUT2D eigenvalue weighted by Crippen LogP contribution is 2.29. The van der Waals surface area contributed by atoms with Crippen molar-refractivity contribution in [1.82, 2.24) is 5.32 Å². The molecule has 1 heterocycles. The zero-order valence-corrected chi connectivity index (χ0v) is 15.3. The van der Waals surface area contributed by atoms with Gasteiger partial charge in [0.05, 0.1) is 12.9 Å². The van der Waals surface area contributed by atoms with Crippen LogP contribution >= 0.6 is 11.8 Å². The summed E-state index contributed by atoms with van der Waals surface area (Å²) in [7, 11) is 1.62. The molecule has 0 fully saturated rings. The molecule has 136 valence electrons. The molecule has 0 aliphatic carbocycles. The van der Waals surface area contributed by atoms with E-state index >= 15 is 0 Å². The first kappa shape index (κ1) is 18.3. The van der Waals surface area contributed by atoms with Gasteiger partial charge in [-0.05, 0) is 35.1 Å². The van der Waals surface area contributed by atoms with Crippen LogP contribution in [0.1, 0.15) is 11.7 Å². The van der Waals surface area contributed by atoms with E-state index in [1.807, 2.05) is 42.7 Å². The lowest BCUT2D eigenvalue weighted by Gasteiger charge is -2.25. The van der Waals surface area contributed by atoms with E-state index in [0.29, 0.717) is 11.3 Å². The monoisotopic (exact) mass is 373 g/mol. The SMILES string of the molecule is COc1ccc(-c2ccc(C(O)C3(CSC)[NH+]=C(O)NC3=O)cc2)cc1. The van der Waals surface area contributed by atoms with Crippen molar-refractivity contribution in [3.05, 3.63) is 54.1 Å². The molecule has 4 N–H and O–H groups in total. The van der Waals surface area contributed by atoms with Crippen LogP contribution in [0.25, 0.3) is 11.1 Å². The number of carbonyl (C=O) groups excluding carboxylic acids is 1. The summed E-state index contributed by atoms with van der Waals surface area (Å²) in [6.45, 7) is 0. The van der Waals surface area contributed by atoms with E-state index in [1.165, 1.54) is 11.8 Å². The van der Waals surface area contributed by atoms with E-state index in [9.17, 15) is 15.0 Å². The van der Waals surface area contributed by atoms with Crippen molar-refractivity contribution in [3.63, 3.8) is 0 Å². The van der Waals surface area contributed by atoms with Crippen LogP contribution in [0.3, 0.4) is 0 Å². The number of carbonyl (C=O) groups is 1. The van der Waals surface area contributed by atoms with Gasteiger partial charge in [-0.15, -0.1) is 0 Å². The first-order valence-electron chi connectivity index (χ1n) is 8.07. The highest BCUT2D eigenvalue weighted by Gasteiger charge is 2.55. The second-order valence-corrected chi connectivity index (χ2v) is 6.95. The van der Waals surface area contributed by atoms with Crippen molar-refractivity contribution in [2.75, 3.05) is 19.1 Å². The molecule has 26 heavy (non-hydrogen) atoms. The van der Waals surface area contributed by atoms with Gasteiger partial charge in [0.15, 0.2) is 0 Å². The van der Waals surface area contributed by atoms with Crippen LogP contribution in [0.5, 0.6) is 5.75 Å². The summed E-state index contributed by atoms with van der Waals surface area (Å²) in [5.41, 5.74) is 1.30. The molecule has 1 aliphatic heterocycles. The zero-order chi connectivity index (χ0) is 18.7. The van der Waals surface area contributed by atoms with Gasteiger partial charge in [-0.1, -0.05) is 36.4 Å². The first-order valence-corrected chi connectivity index (χ1v) is 9.46. The van der Waals surface area contributed by atoms with Gasteiger partial charge in [-0.25, -0.2) is 9.79 Å². The van der Waals surface area contributed by atoms with Gasteiger partial charge in [-0.2, -0.15) is 17.1 Å². The van der Waals surface area contributed by atoms with Crippen LogP contribution in [0.15, 0.2) is 48.5 Å². The van der Waals surface area contributed by atoms with Crippen LogP contribution in [0, 0.1) is 0 Å². The van der Waals surface area contributed by atoms with Gasteiger partial charge in [0.1, 0.15) is 11.9 Å². The van der Waals surface area contributed by atoms with Crippen LogP contribution in [0.4, 0.5) is 0 Å². The normalized spacial score (nSPS) is 20.4. The second-order valence-electron chi connectivity index (χ2n) is 6.09. The molecule has 2 aromatic carbocycles. The summed E-state index contributed by atoms with van der Waals surface area (Å²) in [5, 5.41) is 22.8. The van der Waals surface area contributed by atoms with Gasteiger partial charge >= 0.3 is 11.9 Å². The summed E-state index contributed by atoms with van der Waals surface area (Å²) in [4.78, 5) is 15.0. The molecule has 3 rings (SSSR count). The Morgan fingerprint density at radius 3 is 2.19 bits per heavy atom. The first-order chi connectivity index (χ1) is 12.5. The molecule has 0 radical (unpaired) electrons. The molecule has 0 saturated heterocycles. The largest absolute Gasteiger partial charge is 0.497 e. The Balaban J connectivity index is 1.88. The van der Waals surface area contributed by atoms with E-state index in [1.54, 1.807) is 19.2 Å². The number of aliphatic hydroxyl groups is 2. The van der Waals surface area contributed by atoms with Crippen LogP contribution < -0.4 is 15.0 Å². The molecule has 0 spiro atoms. The number of hydrogen-bond acceptors (Lipinski definition) is 4. The Labute approximate surface area is 155 Å². The molecular weight excluding hydrogens is 352 g/mol. The summed E-state index contributed by atoms with van der Waals surface area (Å²) in [6.07, 6.45) is 0.732. The summed E-state index contributed by atoms with van der Waals surface area (Å²) < 4.78 is 5.16. The van der Waals surface area contributed by atoms with Crippen molar-refractivity contribution in [2.45, 2.75) is 11.6 Å².